The van der Waals surface area contributed by atoms with Crippen LogP contribution in [0, 0.1) is 29.1 Å². The summed E-state index contributed by atoms with van der Waals surface area (Å²) in [5.41, 5.74) is -1.80. The highest BCUT2D eigenvalue weighted by Gasteiger charge is 2.49. The van der Waals surface area contributed by atoms with Crippen molar-refractivity contribution >= 4 is 76.6 Å². The molecule has 11 amide bonds. The molecular weight excluding hydrogens is 1220 g/mol. The lowest BCUT2D eigenvalue weighted by molar-refractivity contribution is -0.149. The molecule has 1 aliphatic carbocycles. The third kappa shape index (κ3) is 18.9. The van der Waals surface area contributed by atoms with Crippen molar-refractivity contribution < 1.29 is 65.9 Å². The van der Waals surface area contributed by atoms with Gasteiger partial charge in [-0.25, -0.2) is 0 Å². The third-order valence-corrected chi connectivity index (χ3v) is 18.2. The smallest absolute Gasteiger partial charge is 0.351 e. The zero-order valence-corrected chi connectivity index (χ0v) is 56.0. The van der Waals surface area contributed by atoms with E-state index >= 15 is 4.79 Å². The molecule has 506 valence electrons. The number of aryl methyl sites for hydroxylation is 1. The first kappa shape index (κ1) is 74.9. The van der Waals surface area contributed by atoms with E-state index in [1.165, 1.54) is 69.1 Å². The van der Waals surface area contributed by atoms with Crippen LogP contribution in [0.1, 0.15) is 135 Å². The van der Waals surface area contributed by atoms with Gasteiger partial charge in [0.15, 0.2) is 0 Å². The highest BCUT2D eigenvalue weighted by molar-refractivity contribution is 6.31. The fourth-order valence-electron chi connectivity index (χ4n) is 12.3. The van der Waals surface area contributed by atoms with Gasteiger partial charge in [-0.3, -0.25) is 52.7 Å². The molecule has 0 aromatic heterocycles. The number of nitrogens with zero attached hydrogens (tertiary/aromatic N) is 8. The minimum Gasteiger partial charge on any atom is -0.351 e. The summed E-state index contributed by atoms with van der Waals surface area (Å²) in [6.45, 7) is 10.5. The van der Waals surface area contributed by atoms with E-state index in [4.69, 9.17) is 11.6 Å². The number of carbonyl (C=O) groups is 11. The summed E-state index contributed by atoms with van der Waals surface area (Å²) >= 11 is 6.10. The summed E-state index contributed by atoms with van der Waals surface area (Å²) in [6, 6.07) is 3.22. The van der Waals surface area contributed by atoms with Crippen molar-refractivity contribution in [2.24, 2.45) is 17.8 Å². The predicted octanol–water partition coefficient (Wildman–Crippen LogP) is 4.31. The Morgan fingerprint density at radius 3 is 1.92 bits per heavy atom. The molecule has 23 nitrogen and oxygen atoms in total. The zero-order chi connectivity index (χ0) is 68.9. The molecule has 2 saturated heterocycles. The maximum atomic E-state index is 15.0. The molecule has 1 spiro atoms. The van der Waals surface area contributed by atoms with Crippen molar-refractivity contribution in [3.63, 3.8) is 0 Å². The van der Waals surface area contributed by atoms with Crippen LogP contribution in [0.25, 0.3) is 0 Å². The number of hydrogen-bond acceptors (Lipinski definition) is 12. The fraction of sp³-hybridized carbons (Fsp3) is 0.631. The van der Waals surface area contributed by atoms with Crippen molar-refractivity contribution in [1.29, 1.82) is 5.26 Å². The topological polar surface area (TPSA) is 282 Å². The van der Waals surface area contributed by atoms with E-state index in [2.05, 4.69) is 27.3 Å². The maximum Gasteiger partial charge on any atom is 0.417 e. The molecule has 0 radical (unpaired) electrons. The molecule has 2 heterocycles. The second kappa shape index (κ2) is 32.6. The quantitative estimate of drug-likeness (QED) is 0.259. The minimum absolute atomic E-state index is 0.0206. The Kier molecular flexibility index (Phi) is 26.6. The molecule has 1 saturated carbocycles. The largest absolute Gasteiger partial charge is 0.417 e. The van der Waals surface area contributed by atoms with Crippen molar-refractivity contribution in [3.05, 3.63) is 69.7 Å². The van der Waals surface area contributed by atoms with Crippen LogP contribution in [-0.2, 0) is 71.8 Å². The number of amides is 11. The van der Waals surface area contributed by atoms with Crippen LogP contribution in [0.3, 0.4) is 0 Å². The van der Waals surface area contributed by atoms with Gasteiger partial charge < -0.3 is 55.6 Å². The normalized spacial score (nSPS) is 24.7. The Morgan fingerprint density at radius 2 is 1.33 bits per heavy atom. The van der Waals surface area contributed by atoms with Gasteiger partial charge in [0, 0.05) is 67.7 Å². The van der Waals surface area contributed by atoms with Crippen molar-refractivity contribution in [3.8, 4) is 6.07 Å². The van der Waals surface area contributed by atoms with Crippen LogP contribution in [0.2, 0.25) is 5.02 Å². The van der Waals surface area contributed by atoms with Crippen LogP contribution < -0.4 is 21.3 Å². The van der Waals surface area contributed by atoms with E-state index in [9.17, 15) is 66.4 Å². The van der Waals surface area contributed by atoms with Gasteiger partial charge in [0.25, 0.3) is 0 Å². The first-order valence-corrected chi connectivity index (χ1v) is 31.8. The standard InChI is InChI=1S/C65H92ClF3N12O11/c1-14-40(6)55-62(91)77(10)36-53(84)75(8)37-54(85)79(12)50(33-43-20-15-16-21-44(43)34-70)61(90)76(9)35-51(82)72-47(26-24-42-23-25-45(46(66)32-42)65(67,68)69)60(89)81-29-19-22-48(81)58(87)74-64(27-17-18-28-64)63(92)80(13)56(39(4)5)59(88)71-41(7)31-52(83)78(11)49(30-38(2)3)57(86)73-55/h15-16,20-21,23,25,32,38-41,47-50,55-56H,14,17-19,22,24,26-31,33,35-37H2,1-13H3,(H,71,88)(H,72,82)(H,73,86)(H,74,87)/t40-,41+,47-,48-,49-,50-,55-,56-/m0/s1. The lowest BCUT2D eigenvalue weighted by Gasteiger charge is -2.39. The molecule has 3 aliphatic rings. The van der Waals surface area contributed by atoms with Gasteiger partial charge in [-0.05, 0) is 98.9 Å². The molecule has 92 heavy (non-hydrogen) atoms. The van der Waals surface area contributed by atoms with E-state index in [-0.39, 0.29) is 75.0 Å². The molecule has 3 fully saturated rings. The second-order valence-electron chi connectivity index (χ2n) is 25.8. The lowest BCUT2D eigenvalue weighted by Crippen LogP contribution is -2.64. The molecule has 5 rings (SSSR count). The van der Waals surface area contributed by atoms with Crippen LogP contribution >= 0.6 is 11.6 Å². The number of fused-ring (bicyclic) bond motifs is 1. The first-order chi connectivity index (χ1) is 43.1. The van der Waals surface area contributed by atoms with Crippen LogP contribution in [0.15, 0.2) is 42.5 Å². The van der Waals surface area contributed by atoms with Gasteiger partial charge in [0.05, 0.1) is 41.9 Å². The van der Waals surface area contributed by atoms with E-state index in [1.54, 1.807) is 45.9 Å². The Hall–Kier alpha value is -7.82. The molecule has 4 N–H and O–H groups in total. The molecule has 0 unspecified atom stereocenters. The number of benzene rings is 2. The average Bonchev–Trinajstić information content (AvgIpc) is 1.52. The third-order valence-electron chi connectivity index (χ3n) is 17.9. The SMILES string of the molecule is CC[C@H](C)[C@@H]1NC(=O)[C@H](CC(C)C)N(C)C(=O)C[C@@H](C)NC(=O)[C@H](C(C)C)N(C)C(=O)C2(CCCC2)NC(=O)[C@@H]2CCCN2C(=O)[C@H](CCc2ccc(C(F)(F)F)c(Cl)c2)NC(=O)CN(C)C(=O)[C@H](Cc2ccccc2C#N)N(C)C(=O)CN(C)C(=O)CN(C)C1=O. The van der Waals surface area contributed by atoms with E-state index in [0.29, 0.717) is 31.2 Å². The van der Waals surface area contributed by atoms with Gasteiger partial charge in [-0.1, -0.05) is 96.7 Å². The highest BCUT2D eigenvalue weighted by Crippen LogP contribution is 2.36. The van der Waals surface area contributed by atoms with Crippen molar-refractivity contribution in [2.75, 3.05) is 68.5 Å². The molecule has 2 aliphatic heterocycles. The average molecular weight is 1310 g/mol. The number of alkyl halides is 3. The highest BCUT2D eigenvalue weighted by atomic mass is 35.5. The van der Waals surface area contributed by atoms with E-state index in [0.717, 1.165) is 31.7 Å². The Balaban J connectivity index is 1.57. The van der Waals surface area contributed by atoms with Crippen LogP contribution in [0.5, 0.6) is 0 Å². The zero-order valence-electron chi connectivity index (χ0n) is 55.2. The lowest BCUT2D eigenvalue weighted by atomic mass is 9.92. The molecule has 2 aromatic rings. The van der Waals surface area contributed by atoms with E-state index < -0.39 is 161 Å². The summed E-state index contributed by atoms with van der Waals surface area (Å²) < 4.78 is 41.3. The van der Waals surface area contributed by atoms with Gasteiger partial charge in [0.2, 0.25) is 65.0 Å². The fourth-order valence-corrected chi connectivity index (χ4v) is 12.6. The molecular formula is C65H92ClF3N12O11. The van der Waals surface area contributed by atoms with Gasteiger partial charge in [-0.15, -0.1) is 0 Å². The summed E-state index contributed by atoms with van der Waals surface area (Å²) in [7, 11) is 8.17. The van der Waals surface area contributed by atoms with Crippen LogP contribution in [-0.4, -0.2) is 216 Å². The Labute approximate surface area is 542 Å². The maximum absolute atomic E-state index is 15.0. The van der Waals surface area contributed by atoms with Crippen molar-refractivity contribution in [1.82, 2.24) is 55.6 Å². The molecule has 2 aromatic carbocycles. The number of rotatable bonds is 10. The summed E-state index contributed by atoms with van der Waals surface area (Å²) in [6.07, 6.45) is -3.16. The predicted molar refractivity (Wildman–Crippen MR) is 336 cm³/mol. The molecule has 0 bridgehead atoms. The number of nitriles is 1. The Morgan fingerprint density at radius 1 is 0.707 bits per heavy atom. The van der Waals surface area contributed by atoms with Gasteiger partial charge in [-0.2, -0.15) is 18.4 Å². The summed E-state index contributed by atoms with van der Waals surface area (Å²) in [5.74, 6) is -8.63. The second-order valence-corrected chi connectivity index (χ2v) is 26.2. The number of hydrogen-bond donors (Lipinski definition) is 4. The number of nitrogens with one attached hydrogen (secondary N) is 4. The molecule has 8 atom stereocenters. The number of likely N-dealkylation sites (N-methyl/N-ethyl adjacent to an activating group) is 6. The van der Waals surface area contributed by atoms with Crippen LogP contribution in [0.4, 0.5) is 13.2 Å². The summed E-state index contributed by atoms with van der Waals surface area (Å²) in [4.78, 5) is 168. The van der Waals surface area contributed by atoms with E-state index in [1.807, 2.05) is 20.8 Å². The monoisotopic (exact) mass is 1310 g/mol. The summed E-state index contributed by atoms with van der Waals surface area (Å²) in [5, 5.41) is 20.9. The van der Waals surface area contributed by atoms with Gasteiger partial charge in [0.1, 0.15) is 41.8 Å². The first-order valence-electron chi connectivity index (χ1n) is 31.5. The number of carbonyl (C=O) groups excluding carboxylic acids is 11. The Bertz CT molecular complexity index is 3100. The van der Waals surface area contributed by atoms with Crippen molar-refractivity contribution in [2.45, 2.75) is 180 Å². The molecule has 27 heteroatoms. The number of halogens is 4. The van der Waals surface area contributed by atoms with Gasteiger partial charge >= 0.3 is 6.18 Å². The minimum atomic E-state index is -4.77.